The maximum Gasteiger partial charge on any atom is 0.0342 e. The average molecular weight is 258 g/mol. The van der Waals surface area contributed by atoms with Crippen LogP contribution in [0, 0.1) is 0 Å². The minimum Gasteiger partial charge on any atom is -0.382 e. The minimum absolute atomic E-state index is 0.433. The van der Waals surface area contributed by atoms with Gasteiger partial charge in [-0.2, -0.15) is 0 Å². The highest BCUT2D eigenvalue weighted by molar-refractivity contribution is 5.46. The first kappa shape index (κ1) is 13.0. The molecular formula is C17H26N2. The summed E-state index contributed by atoms with van der Waals surface area (Å²) in [7, 11) is 0. The van der Waals surface area contributed by atoms with Gasteiger partial charge in [-0.25, -0.2) is 0 Å². The highest BCUT2D eigenvalue weighted by Gasteiger charge is 2.19. The van der Waals surface area contributed by atoms with Gasteiger partial charge in [-0.15, -0.1) is 0 Å². The summed E-state index contributed by atoms with van der Waals surface area (Å²) in [4.78, 5) is 0. The molecule has 2 aliphatic rings. The molecule has 3 N–H and O–H groups in total. The van der Waals surface area contributed by atoms with Crippen molar-refractivity contribution in [1.29, 1.82) is 0 Å². The van der Waals surface area contributed by atoms with E-state index in [4.69, 9.17) is 5.73 Å². The maximum absolute atomic E-state index is 5.95. The summed E-state index contributed by atoms with van der Waals surface area (Å²) in [5.41, 5.74) is 8.77. The smallest absolute Gasteiger partial charge is 0.0342 e. The van der Waals surface area contributed by atoms with E-state index in [9.17, 15) is 0 Å². The Kier molecular flexibility index (Phi) is 4.07. The predicted octanol–water partition coefficient (Wildman–Crippen LogP) is 4.03. The van der Waals surface area contributed by atoms with Crippen LogP contribution in [0.5, 0.6) is 0 Å². The zero-order chi connectivity index (χ0) is 13.1. The quantitative estimate of drug-likeness (QED) is 0.859. The lowest BCUT2D eigenvalue weighted by Gasteiger charge is -2.27. The molecule has 1 aromatic rings. The predicted molar refractivity (Wildman–Crippen MR) is 81.5 cm³/mol. The Hall–Kier alpha value is -1.02. The van der Waals surface area contributed by atoms with Crippen molar-refractivity contribution in [2.75, 3.05) is 5.32 Å². The summed E-state index contributed by atoms with van der Waals surface area (Å²) in [6.07, 6.45) is 10.3. The van der Waals surface area contributed by atoms with Crippen molar-refractivity contribution < 1.29 is 0 Å². The van der Waals surface area contributed by atoms with E-state index in [2.05, 4.69) is 29.6 Å². The van der Waals surface area contributed by atoms with E-state index in [1.807, 2.05) is 0 Å². The molecule has 0 unspecified atom stereocenters. The van der Waals surface area contributed by atoms with Crippen LogP contribution >= 0.6 is 0 Å². The first-order valence-corrected chi connectivity index (χ1v) is 7.93. The third-order valence-corrected chi connectivity index (χ3v) is 4.88. The molecule has 104 valence electrons. The van der Waals surface area contributed by atoms with Gasteiger partial charge in [-0.3, -0.25) is 0 Å². The molecule has 0 spiro atoms. The van der Waals surface area contributed by atoms with Crippen molar-refractivity contribution in [2.45, 2.75) is 69.4 Å². The Morgan fingerprint density at radius 3 is 2.11 bits per heavy atom. The lowest BCUT2D eigenvalue weighted by molar-refractivity contribution is 0.411. The van der Waals surface area contributed by atoms with Crippen molar-refractivity contribution in [1.82, 2.24) is 0 Å². The van der Waals surface area contributed by atoms with Crippen molar-refractivity contribution in [2.24, 2.45) is 5.73 Å². The van der Waals surface area contributed by atoms with Gasteiger partial charge in [0.15, 0.2) is 0 Å². The van der Waals surface area contributed by atoms with Gasteiger partial charge in [0.25, 0.3) is 0 Å². The van der Waals surface area contributed by atoms with Crippen molar-refractivity contribution >= 4 is 5.69 Å². The maximum atomic E-state index is 5.95. The fourth-order valence-corrected chi connectivity index (χ4v) is 3.61. The lowest BCUT2D eigenvalue weighted by Crippen LogP contribution is -2.32. The molecule has 1 aromatic carbocycles. The van der Waals surface area contributed by atoms with Crippen molar-refractivity contribution in [3.8, 4) is 0 Å². The van der Waals surface area contributed by atoms with E-state index in [-0.39, 0.29) is 0 Å². The van der Waals surface area contributed by atoms with Gasteiger partial charge in [0.2, 0.25) is 0 Å². The van der Waals surface area contributed by atoms with Gasteiger partial charge in [0.1, 0.15) is 0 Å². The molecule has 2 saturated carbocycles. The standard InChI is InChI=1S/C17H26N2/c18-15-7-11-17(12-8-15)19-16-9-5-14(6-10-16)13-3-1-2-4-13/h5-6,9-10,13,15,17,19H,1-4,7-8,11-12,18H2. The molecule has 2 heteroatoms. The highest BCUT2D eigenvalue weighted by Crippen LogP contribution is 2.34. The number of nitrogens with two attached hydrogens (primary N) is 1. The van der Waals surface area contributed by atoms with Crippen LogP contribution in [0.25, 0.3) is 0 Å². The number of benzene rings is 1. The molecule has 2 nitrogen and oxygen atoms in total. The second-order valence-corrected chi connectivity index (χ2v) is 6.36. The number of hydrogen-bond donors (Lipinski definition) is 2. The van der Waals surface area contributed by atoms with Crippen LogP contribution in [-0.4, -0.2) is 12.1 Å². The van der Waals surface area contributed by atoms with Crippen LogP contribution < -0.4 is 11.1 Å². The molecule has 3 rings (SSSR count). The van der Waals surface area contributed by atoms with E-state index >= 15 is 0 Å². The molecule has 19 heavy (non-hydrogen) atoms. The Morgan fingerprint density at radius 2 is 1.47 bits per heavy atom. The van der Waals surface area contributed by atoms with Crippen LogP contribution in [0.4, 0.5) is 5.69 Å². The number of nitrogens with one attached hydrogen (secondary N) is 1. The summed E-state index contributed by atoms with van der Waals surface area (Å²) in [6.45, 7) is 0. The summed E-state index contributed by atoms with van der Waals surface area (Å²) in [5, 5.41) is 3.66. The molecule has 0 bridgehead atoms. The van der Waals surface area contributed by atoms with Crippen LogP contribution in [0.2, 0.25) is 0 Å². The third kappa shape index (κ3) is 3.30. The van der Waals surface area contributed by atoms with Crippen molar-refractivity contribution in [3.05, 3.63) is 29.8 Å². The Balaban J connectivity index is 1.56. The van der Waals surface area contributed by atoms with Crippen molar-refractivity contribution in [3.63, 3.8) is 0 Å². The molecule has 0 aliphatic heterocycles. The van der Waals surface area contributed by atoms with E-state index < -0.39 is 0 Å². The molecule has 0 atom stereocenters. The summed E-state index contributed by atoms with van der Waals surface area (Å²) in [6, 6.07) is 10.2. The van der Waals surface area contributed by atoms with E-state index in [1.54, 1.807) is 0 Å². The number of anilines is 1. The fraction of sp³-hybridized carbons (Fsp3) is 0.647. The second-order valence-electron chi connectivity index (χ2n) is 6.36. The van der Waals surface area contributed by atoms with Gasteiger partial charge in [-0.1, -0.05) is 25.0 Å². The summed E-state index contributed by atoms with van der Waals surface area (Å²) < 4.78 is 0. The molecular weight excluding hydrogens is 232 g/mol. The largest absolute Gasteiger partial charge is 0.382 e. The molecule has 2 aliphatic carbocycles. The zero-order valence-corrected chi connectivity index (χ0v) is 11.8. The number of hydrogen-bond acceptors (Lipinski definition) is 2. The van der Waals surface area contributed by atoms with Crippen LogP contribution in [0.1, 0.15) is 62.8 Å². The average Bonchev–Trinajstić information content (AvgIpc) is 2.96. The van der Waals surface area contributed by atoms with Gasteiger partial charge >= 0.3 is 0 Å². The topological polar surface area (TPSA) is 38.0 Å². The van der Waals surface area contributed by atoms with Gasteiger partial charge in [-0.05, 0) is 62.1 Å². The molecule has 2 fully saturated rings. The Morgan fingerprint density at radius 1 is 0.842 bits per heavy atom. The highest BCUT2D eigenvalue weighted by atomic mass is 14.9. The van der Waals surface area contributed by atoms with E-state index in [0.717, 1.165) is 18.8 Å². The monoisotopic (exact) mass is 258 g/mol. The van der Waals surface area contributed by atoms with Crippen LogP contribution in [-0.2, 0) is 0 Å². The fourth-order valence-electron chi connectivity index (χ4n) is 3.61. The first-order valence-electron chi connectivity index (χ1n) is 7.93. The Bertz CT molecular complexity index is 384. The van der Waals surface area contributed by atoms with E-state index in [1.165, 1.54) is 49.8 Å². The number of rotatable bonds is 3. The molecule has 0 saturated heterocycles. The van der Waals surface area contributed by atoms with Gasteiger partial charge < -0.3 is 11.1 Å². The summed E-state index contributed by atoms with van der Waals surface area (Å²) >= 11 is 0. The lowest BCUT2D eigenvalue weighted by atomic mass is 9.91. The van der Waals surface area contributed by atoms with E-state index in [0.29, 0.717) is 12.1 Å². The molecule has 0 heterocycles. The normalized spacial score (nSPS) is 28.5. The molecule has 0 aromatic heterocycles. The molecule has 0 radical (unpaired) electrons. The third-order valence-electron chi connectivity index (χ3n) is 4.88. The Labute approximate surface area is 116 Å². The second kappa shape index (κ2) is 5.96. The van der Waals surface area contributed by atoms with Gasteiger partial charge in [0, 0.05) is 17.8 Å². The first-order chi connectivity index (χ1) is 9.31. The minimum atomic E-state index is 0.433. The zero-order valence-electron chi connectivity index (χ0n) is 11.8. The van der Waals surface area contributed by atoms with Crippen LogP contribution in [0.3, 0.4) is 0 Å². The van der Waals surface area contributed by atoms with Crippen LogP contribution in [0.15, 0.2) is 24.3 Å². The van der Waals surface area contributed by atoms with Gasteiger partial charge in [0.05, 0.1) is 0 Å². The SMILES string of the molecule is NC1CCC(Nc2ccc(C3CCCC3)cc2)CC1. The molecule has 0 amide bonds. The summed E-state index contributed by atoms with van der Waals surface area (Å²) in [5.74, 6) is 0.821.